The summed E-state index contributed by atoms with van der Waals surface area (Å²) in [6, 6.07) is 5.74. The van der Waals surface area contributed by atoms with Gasteiger partial charge in [-0.25, -0.2) is 17.2 Å². The third-order valence-corrected chi connectivity index (χ3v) is 11.6. The van der Waals surface area contributed by atoms with Crippen molar-refractivity contribution in [3.63, 3.8) is 0 Å². The van der Waals surface area contributed by atoms with Crippen LogP contribution in [0.15, 0.2) is 41.3 Å². The first-order chi connectivity index (χ1) is 16.0. The van der Waals surface area contributed by atoms with Crippen molar-refractivity contribution in [2.75, 3.05) is 26.2 Å². The number of piperidine rings is 1. The molecule has 1 saturated heterocycles. The van der Waals surface area contributed by atoms with Gasteiger partial charge in [0.1, 0.15) is 17.2 Å². The van der Waals surface area contributed by atoms with Crippen molar-refractivity contribution in [3.8, 4) is 5.75 Å². The van der Waals surface area contributed by atoms with Gasteiger partial charge in [-0.2, -0.15) is 17.0 Å². The van der Waals surface area contributed by atoms with Crippen LogP contribution < -0.4 is 4.74 Å². The lowest BCUT2D eigenvalue weighted by molar-refractivity contribution is 0.0936. The second-order valence-electron chi connectivity index (χ2n) is 8.21. The summed E-state index contributed by atoms with van der Waals surface area (Å²) in [5, 5.41) is 0.298. The first-order valence-corrected chi connectivity index (χ1v) is 14.2. The number of fused-ring (bicyclic) bond motifs is 3. The highest BCUT2D eigenvalue weighted by atomic mass is 35.5. The first-order valence-electron chi connectivity index (χ1n) is 10.9. The van der Waals surface area contributed by atoms with Gasteiger partial charge < -0.3 is 4.74 Å². The van der Waals surface area contributed by atoms with E-state index in [1.807, 2.05) is 0 Å². The number of sulfone groups is 1. The molecule has 186 valence electrons. The van der Waals surface area contributed by atoms with Crippen molar-refractivity contribution in [1.82, 2.24) is 8.61 Å². The zero-order valence-electron chi connectivity index (χ0n) is 18.7. The largest absolute Gasteiger partial charge is 0.488 e. The Hall–Kier alpha value is -1.79. The van der Waals surface area contributed by atoms with E-state index < -0.39 is 60.4 Å². The van der Waals surface area contributed by atoms with Crippen molar-refractivity contribution in [3.05, 3.63) is 58.6 Å². The normalized spacial score (nSPS) is 23.3. The summed E-state index contributed by atoms with van der Waals surface area (Å²) in [7, 11) is -8.58. The zero-order chi connectivity index (χ0) is 24.9. The predicted octanol–water partition coefficient (Wildman–Crippen LogP) is 3.73. The molecule has 2 atom stereocenters. The van der Waals surface area contributed by atoms with Crippen LogP contribution in [0.4, 0.5) is 8.78 Å². The third-order valence-electron chi connectivity index (χ3n) is 6.61. The molecule has 0 aliphatic carbocycles. The van der Waals surface area contributed by atoms with Gasteiger partial charge in [0, 0.05) is 24.7 Å². The Bertz CT molecular complexity index is 1300. The Morgan fingerprint density at radius 3 is 2.29 bits per heavy atom. The molecule has 1 unspecified atom stereocenters. The van der Waals surface area contributed by atoms with E-state index in [1.54, 1.807) is 13.8 Å². The number of hydrogen-bond donors (Lipinski definition) is 0. The second-order valence-corrected chi connectivity index (χ2v) is 12.7. The molecule has 4 rings (SSSR count). The molecular formula is C22H25ClF2N2O5S2. The highest BCUT2D eigenvalue weighted by molar-refractivity contribution is 7.92. The fourth-order valence-electron chi connectivity index (χ4n) is 5.04. The monoisotopic (exact) mass is 534 g/mol. The Balaban J connectivity index is 2.03. The van der Waals surface area contributed by atoms with Crippen LogP contribution in [0, 0.1) is 11.6 Å². The SMILES string of the molecule is CCN(CC)S(=O)(=O)N1CCC[C@@]2(S(=O)(=O)c3ccc(Cl)cc3)c3c(F)ccc(F)c3OCC12. The van der Waals surface area contributed by atoms with Gasteiger partial charge in [0.05, 0.1) is 16.5 Å². The van der Waals surface area contributed by atoms with E-state index >= 15 is 4.39 Å². The van der Waals surface area contributed by atoms with Crippen LogP contribution in [0.1, 0.15) is 32.3 Å². The quantitative estimate of drug-likeness (QED) is 0.564. The van der Waals surface area contributed by atoms with Gasteiger partial charge in [-0.3, -0.25) is 0 Å². The maximum Gasteiger partial charge on any atom is 0.282 e. The molecule has 0 radical (unpaired) electrons. The fourth-order valence-corrected chi connectivity index (χ4v) is 9.44. The summed E-state index contributed by atoms with van der Waals surface area (Å²) >= 11 is 5.94. The smallest absolute Gasteiger partial charge is 0.282 e. The maximum absolute atomic E-state index is 15.4. The molecule has 2 heterocycles. The topological polar surface area (TPSA) is 84.0 Å². The van der Waals surface area contributed by atoms with E-state index in [-0.39, 0.29) is 37.4 Å². The van der Waals surface area contributed by atoms with Crippen LogP contribution >= 0.6 is 11.6 Å². The highest BCUT2D eigenvalue weighted by Crippen LogP contribution is 2.54. The molecule has 0 saturated carbocycles. The molecule has 1 fully saturated rings. The molecule has 2 aromatic rings. The molecular weight excluding hydrogens is 510 g/mol. The minimum Gasteiger partial charge on any atom is -0.488 e. The standard InChI is InChI=1S/C22H25ClF2N2O5S2/c1-3-26(4-2)34(30,31)27-13-5-12-22(33(28,29)16-8-6-15(23)7-9-16)19(27)14-32-21-18(25)11-10-17(24)20(21)22/h6-11,19H,3-5,12-14H2,1-2H3/t19?,22-/m0/s1. The van der Waals surface area contributed by atoms with E-state index in [4.69, 9.17) is 16.3 Å². The van der Waals surface area contributed by atoms with E-state index in [2.05, 4.69) is 0 Å². The zero-order valence-corrected chi connectivity index (χ0v) is 21.1. The minimum absolute atomic E-state index is 0.0248. The van der Waals surface area contributed by atoms with Crippen molar-refractivity contribution < 1.29 is 30.4 Å². The van der Waals surface area contributed by atoms with Crippen molar-refractivity contribution in [2.45, 2.75) is 42.4 Å². The number of benzene rings is 2. The molecule has 34 heavy (non-hydrogen) atoms. The van der Waals surface area contributed by atoms with Gasteiger partial charge in [-0.1, -0.05) is 25.4 Å². The molecule has 2 aliphatic rings. The molecule has 0 spiro atoms. The second kappa shape index (κ2) is 9.02. The van der Waals surface area contributed by atoms with Crippen molar-refractivity contribution in [2.24, 2.45) is 0 Å². The Kier molecular flexibility index (Phi) is 6.71. The van der Waals surface area contributed by atoms with Gasteiger partial charge in [0.2, 0.25) is 0 Å². The number of rotatable bonds is 6. The van der Waals surface area contributed by atoms with E-state index in [0.29, 0.717) is 5.02 Å². The summed E-state index contributed by atoms with van der Waals surface area (Å²) in [6.07, 6.45) is 0.0167. The van der Waals surface area contributed by atoms with Crippen molar-refractivity contribution in [1.29, 1.82) is 0 Å². The Morgan fingerprint density at radius 1 is 1.06 bits per heavy atom. The van der Waals surface area contributed by atoms with Crippen LogP contribution in [-0.4, -0.2) is 57.7 Å². The van der Waals surface area contributed by atoms with E-state index in [0.717, 1.165) is 16.4 Å². The van der Waals surface area contributed by atoms with E-state index in [9.17, 15) is 21.2 Å². The molecule has 0 aromatic heterocycles. The number of nitrogens with zero attached hydrogens (tertiary/aromatic N) is 2. The summed E-state index contributed by atoms with van der Waals surface area (Å²) in [5.41, 5.74) is -0.474. The summed E-state index contributed by atoms with van der Waals surface area (Å²) < 4.78 is 91.4. The van der Waals surface area contributed by atoms with Gasteiger partial charge in [0.15, 0.2) is 21.4 Å². The fraction of sp³-hybridized carbons (Fsp3) is 0.455. The summed E-state index contributed by atoms with van der Waals surface area (Å²) in [6.45, 7) is 3.26. The maximum atomic E-state index is 15.4. The van der Waals surface area contributed by atoms with E-state index in [1.165, 1.54) is 28.6 Å². The average Bonchev–Trinajstić information content (AvgIpc) is 2.81. The Morgan fingerprint density at radius 2 is 1.68 bits per heavy atom. The molecule has 2 aliphatic heterocycles. The number of ether oxygens (including phenoxy) is 1. The molecule has 12 heteroatoms. The van der Waals surface area contributed by atoms with Gasteiger partial charge in [-0.15, -0.1) is 0 Å². The number of halogens is 3. The van der Waals surface area contributed by atoms with Gasteiger partial charge in [-0.05, 0) is 49.2 Å². The minimum atomic E-state index is -4.46. The molecule has 2 aromatic carbocycles. The number of hydrogen-bond acceptors (Lipinski definition) is 5. The van der Waals surface area contributed by atoms with Gasteiger partial charge in [0.25, 0.3) is 10.2 Å². The van der Waals surface area contributed by atoms with Crippen LogP contribution in [0.3, 0.4) is 0 Å². The van der Waals surface area contributed by atoms with Crippen LogP contribution in [0.5, 0.6) is 5.75 Å². The lowest BCUT2D eigenvalue weighted by Crippen LogP contribution is -2.65. The molecule has 0 bridgehead atoms. The van der Waals surface area contributed by atoms with Crippen molar-refractivity contribution >= 4 is 31.6 Å². The molecule has 0 N–H and O–H groups in total. The summed E-state index contributed by atoms with van der Waals surface area (Å²) in [5.74, 6) is -2.39. The van der Waals surface area contributed by atoms with Crippen LogP contribution in [0.25, 0.3) is 0 Å². The van der Waals surface area contributed by atoms with Crippen LogP contribution in [0.2, 0.25) is 5.02 Å². The lowest BCUT2D eigenvalue weighted by Gasteiger charge is -2.51. The Labute approximate surface area is 203 Å². The first kappa shape index (κ1) is 25.3. The molecule has 7 nitrogen and oxygen atoms in total. The third kappa shape index (κ3) is 3.63. The molecule has 0 amide bonds. The lowest BCUT2D eigenvalue weighted by atomic mass is 9.81. The highest BCUT2D eigenvalue weighted by Gasteiger charge is 2.63. The summed E-state index contributed by atoms with van der Waals surface area (Å²) in [4.78, 5) is -0.166. The average molecular weight is 535 g/mol. The van der Waals surface area contributed by atoms with Gasteiger partial charge >= 0.3 is 0 Å². The predicted molar refractivity (Wildman–Crippen MR) is 124 cm³/mol. The van der Waals surface area contributed by atoms with Crippen LogP contribution in [-0.2, 0) is 24.8 Å².